The van der Waals surface area contributed by atoms with E-state index in [1.54, 1.807) is 19.9 Å². The Morgan fingerprint density at radius 1 is 1.31 bits per heavy atom. The summed E-state index contributed by atoms with van der Waals surface area (Å²) in [5.41, 5.74) is 5.67. The van der Waals surface area contributed by atoms with Crippen LogP contribution in [0.4, 0.5) is 4.39 Å². The van der Waals surface area contributed by atoms with Crippen LogP contribution in [0.25, 0.3) is 0 Å². The number of unbranched alkanes of at least 4 members (excludes halogenated alkanes) is 1. The first-order valence-corrected chi connectivity index (χ1v) is 6.01. The third-order valence-electron chi connectivity index (χ3n) is 2.59. The van der Waals surface area contributed by atoms with E-state index in [4.69, 9.17) is 17.3 Å². The lowest BCUT2D eigenvalue weighted by molar-refractivity contribution is 0.220. The van der Waals surface area contributed by atoms with Crippen molar-refractivity contribution in [1.82, 2.24) is 0 Å². The molecule has 0 unspecified atom stereocenters. The highest BCUT2D eigenvalue weighted by molar-refractivity contribution is 6.31. The van der Waals surface area contributed by atoms with E-state index < -0.39 is 5.67 Å². The van der Waals surface area contributed by atoms with Gasteiger partial charge in [0.1, 0.15) is 5.67 Å². The zero-order chi connectivity index (χ0) is 12.2. The molecule has 0 spiro atoms. The molecule has 1 nitrogen and oxygen atoms in total. The van der Waals surface area contributed by atoms with Gasteiger partial charge >= 0.3 is 0 Å². The standard InChI is InChI=1S/C13H19ClFN/c1-13(2,15)12-10(6-3-4-9-16)7-5-8-11(12)14/h5,7-8H,3-4,6,9,16H2,1-2H3. The van der Waals surface area contributed by atoms with Crippen molar-refractivity contribution in [2.24, 2.45) is 5.73 Å². The Morgan fingerprint density at radius 2 is 2.00 bits per heavy atom. The zero-order valence-corrected chi connectivity index (χ0v) is 10.6. The average molecular weight is 244 g/mol. The van der Waals surface area contributed by atoms with Crippen LogP contribution < -0.4 is 5.73 Å². The summed E-state index contributed by atoms with van der Waals surface area (Å²) in [6.07, 6.45) is 2.76. The lowest BCUT2D eigenvalue weighted by atomic mass is 9.92. The fraction of sp³-hybridized carbons (Fsp3) is 0.538. The summed E-state index contributed by atoms with van der Waals surface area (Å²) in [6, 6.07) is 5.55. The van der Waals surface area contributed by atoms with Gasteiger partial charge in [-0.25, -0.2) is 4.39 Å². The fourth-order valence-electron chi connectivity index (χ4n) is 1.90. The van der Waals surface area contributed by atoms with Gasteiger partial charge in [-0.15, -0.1) is 0 Å². The first-order valence-electron chi connectivity index (χ1n) is 5.63. The molecule has 0 saturated heterocycles. The predicted molar refractivity (Wildman–Crippen MR) is 67.6 cm³/mol. The molecule has 1 aromatic rings. The summed E-state index contributed by atoms with van der Waals surface area (Å²) in [7, 11) is 0. The summed E-state index contributed by atoms with van der Waals surface area (Å²) in [6.45, 7) is 3.76. The number of hydrogen-bond donors (Lipinski definition) is 1. The first kappa shape index (κ1) is 13.5. The second-order valence-electron chi connectivity index (χ2n) is 4.49. The normalized spacial score (nSPS) is 11.8. The maximum absolute atomic E-state index is 14.0. The molecule has 16 heavy (non-hydrogen) atoms. The molecule has 0 fully saturated rings. The highest BCUT2D eigenvalue weighted by Crippen LogP contribution is 2.34. The molecule has 0 radical (unpaired) electrons. The van der Waals surface area contributed by atoms with E-state index in [1.165, 1.54) is 0 Å². The van der Waals surface area contributed by atoms with Gasteiger partial charge in [-0.2, -0.15) is 0 Å². The Labute approximate surface area is 102 Å². The summed E-state index contributed by atoms with van der Waals surface area (Å²) in [5, 5.41) is 0.512. The molecule has 2 N–H and O–H groups in total. The van der Waals surface area contributed by atoms with Crippen LogP contribution in [0.15, 0.2) is 18.2 Å². The number of hydrogen-bond acceptors (Lipinski definition) is 1. The molecular weight excluding hydrogens is 225 g/mol. The van der Waals surface area contributed by atoms with Crippen molar-refractivity contribution in [3.05, 3.63) is 34.3 Å². The Morgan fingerprint density at radius 3 is 2.56 bits per heavy atom. The monoisotopic (exact) mass is 243 g/mol. The molecule has 0 aliphatic heterocycles. The molecule has 90 valence electrons. The van der Waals surface area contributed by atoms with Crippen LogP contribution >= 0.6 is 11.6 Å². The van der Waals surface area contributed by atoms with E-state index in [0.29, 0.717) is 17.1 Å². The van der Waals surface area contributed by atoms with Gasteiger partial charge in [-0.1, -0.05) is 23.7 Å². The highest BCUT2D eigenvalue weighted by Gasteiger charge is 2.24. The second kappa shape index (κ2) is 5.65. The van der Waals surface area contributed by atoms with Crippen molar-refractivity contribution in [3.63, 3.8) is 0 Å². The third kappa shape index (κ3) is 3.46. The Hall–Kier alpha value is -0.600. The SMILES string of the molecule is CC(C)(F)c1c(Cl)cccc1CCCCN. The number of alkyl halides is 1. The maximum Gasteiger partial charge on any atom is 0.132 e. The van der Waals surface area contributed by atoms with Crippen LogP contribution in [0.2, 0.25) is 5.02 Å². The van der Waals surface area contributed by atoms with Gasteiger partial charge < -0.3 is 5.73 Å². The number of halogens is 2. The molecule has 3 heteroatoms. The van der Waals surface area contributed by atoms with Crippen molar-refractivity contribution in [2.75, 3.05) is 6.54 Å². The predicted octanol–water partition coefficient (Wildman–Crippen LogP) is 3.83. The van der Waals surface area contributed by atoms with Gasteiger partial charge in [-0.05, 0) is 51.3 Å². The van der Waals surface area contributed by atoms with Crippen LogP contribution in [0, 0.1) is 0 Å². The number of aryl methyl sites for hydroxylation is 1. The smallest absolute Gasteiger partial charge is 0.132 e. The van der Waals surface area contributed by atoms with Crippen LogP contribution in [-0.2, 0) is 12.1 Å². The Kier molecular flexibility index (Phi) is 4.75. The summed E-state index contributed by atoms with van der Waals surface area (Å²) >= 11 is 6.06. The molecule has 0 aliphatic carbocycles. The number of rotatable bonds is 5. The van der Waals surface area contributed by atoms with Crippen LogP contribution in [-0.4, -0.2) is 6.54 Å². The van der Waals surface area contributed by atoms with Crippen LogP contribution in [0.1, 0.15) is 37.8 Å². The molecule has 0 aliphatic rings. The topological polar surface area (TPSA) is 26.0 Å². The van der Waals surface area contributed by atoms with E-state index in [-0.39, 0.29) is 0 Å². The van der Waals surface area contributed by atoms with E-state index >= 15 is 0 Å². The highest BCUT2D eigenvalue weighted by atomic mass is 35.5. The molecule has 0 aromatic heterocycles. The Bertz CT molecular complexity index is 344. The summed E-state index contributed by atoms with van der Waals surface area (Å²) in [5.74, 6) is 0. The Balaban J connectivity index is 2.95. The van der Waals surface area contributed by atoms with Gasteiger partial charge in [-0.3, -0.25) is 0 Å². The zero-order valence-electron chi connectivity index (χ0n) is 9.89. The van der Waals surface area contributed by atoms with Crippen molar-refractivity contribution < 1.29 is 4.39 Å². The van der Waals surface area contributed by atoms with Gasteiger partial charge in [0.15, 0.2) is 0 Å². The van der Waals surface area contributed by atoms with E-state index in [0.717, 1.165) is 24.8 Å². The molecule has 0 amide bonds. The van der Waals surface area contributed by atoms with Crippen molar-refractivity contribution in [3.8, 4) is 0 Å². The minimum absolute atomic E-state index is 0.512. The molecular formula is C13H19ClFN. The van der Waals surface area contributed by atoms with Crippen molar-refractivity contribution >= 4 is 11.6 Å². The van der Waals surface area contributed by atoms with Gasteiger partial charge in [0.05, 0.1) is 0 Å². The number of nitrogens with two attached hydrogens (primary N) is 1. The van der Waals surface area contributed by atoms with E-state index in [1.807, 2.05) is 12.1 Å². The minimum atomic E-state index is -1.39. The quantitative estimate of drug-likeness (QED) is 0.782. The summed E-state index contributed by atoms with van der Waals surface area (Å²) in [4.78, 5) is 0. The van der Waals surface area contributed by atoms with Crippen molar-refractivity contribution in [1.29, 1.82) is 0 Å². The molecule has 0 heterocycles. The third-order valence-corrected chi connectivity index (χ3v) is 2.91. The molecule has 1 rings (SSSR count). The van der Waals surface area contributed by atoms with Crippen molar-refractivity contribution in [2.45, 2.75) is 38.8 Å². The fourth-order valence-corrected chi connectivity index (χ4v) is 2.32. The first-order chi connectivity index (χ1) is 7.46. The lowest BCUT2D eigenvalue weighted by Crippen LogP contribution is -2.13. The lowest BCUT2D eigenvalue weighted by Gasteiger charge is -2.20. The second-order valence-corrected chi connectivity index (χ2v) is 4.90. The molecule has 0 bridgehead atoms. The van der Waals surface area contributed by atoms with Crippen LogP contribution in [0.3, 0.4) is 0 Å². The van der Waals surface area contributed by atoms with E-state index in [2.05, 4.69) is 0 Å². The average Bonchev–Trinajstić information content (AvgIpc) is 2.16. The van der Waals surface area contributed by atoms with Gasteiger partial charge in [0.2, 0.25) is 0 Å². The van der Waals surface area contributed by atoms with E-state index in [9.17, 15) is 4.39 Å². The maximum atomic E-state index is 14.0. The van der Waals surface area contributed by atoms with Gasteiger partial charge in [0, 0.05) is 10.6 Å². The molecule has 0 atom stereocenters. The summed E-state index contributed by atoms with van der Waals surface area (Å²) < 4.78 is 14.0. The molecule has 0 saturated carbocycles. The number of benzene rings is 1. The van der Waals surface area contributed by atoms with Crippen LogP contribution in [0.5, 0.6) is 0 Å². The molecule has 1 aromatic carbocycles. The van der Waals surface area contributed by atoms with Gasteiger partial charge in [0.25, 0.3) is 0 Å². The largest absolute Gasteiger partial charge is 0.330 e. The minimum Gasteiger partial charge on any atom is -0.330 e.